The third kappa shape index (κ3) is 2.19. The molecular weight excluding hydrogens is 256 g/mol. The highest BCUT2D eigenvalue weighted by atomic mass is 32.1. The van der Waals surface area contributed by atoms with Crippen molar-refractivity contribution in [1.29, 1.82) is 0 Å². The summed E-state index contributed by atoms with van der Waals surface area (Å²) in [6, 6.07) is 9.96. The molecule has 0 saturated heterocycles. The fourth-order valence-electron chi connectivity index (χ4n) is 2.66. The Balaban J connectivity index is 2.00. The number of ether oxygens (including phenoxy) is 1. The van der Waals surface area contributed by atoms with Gasteiger partial charge in [0.25, 0.3) is 0 Å². The fraction of sp³-hybridized carbons (Fsp3) is 0.312. The quantitative estimate of drug-likeness (QED) is 0.769. The average molecular weight is 272 g/mol. The minimum atomic E-state index is -0.0540. The summed E-state index contributed by atoms with van der Waals surface area (Å²) in [6.07, 6.45) is 0.770. The first kappa shape index (κ1) is 12.4. The van der Waals surface area contributed by atoms with Gasteiger partial charge < -0.3 is 4.74 Å². The third-order valence-electron chi connectivity index (χ3n) is 3.54. The Bertz CT molecular complexity index is 627. The van der Waals surface area contributed by atoms with Crippen molar-refractivity contribution in [3.63, 3.8) is 0 Å². The molecule has 1 aromatic heterocycles. The van der Waals surface area contributed by atoms with Crippen LogP contribution in [-0.2, 0) is 0 Å². The summed E-state index contributed by atoms with van der Waals surface area (Å²) >= 11 is 1.60. The molecule has 0 N–H and O–H groups in total. The first-order chi connectivity index (χ1) is 9.16. The number of hydrogen-bond donors (Lipinski definition) is 0. The van der Waals surface area contributed by atoms with Crippen molar-refractivity contribution in [2.75, 3.05) is 6.61 Å². The second kappa shape index (κ2) is 4.82. The number of carbonyl (C=O) groups is 1. The van der Waals surface area contributed by atoms with Crippen molar-refractivity contribution in [2.45, 2.75) is 26.2 Å². The molecule has 98 valence electrons. The molecular formula is C16H16O2S. The molecule has 0 amide bonds. The Kier molecular flexibility index (Phi) is 3.15. The van der Waals surface area contributed by atoms with Crippen LogP contribution in [0.15, 0.2) is 30.3 Å². The molecule has 0 spiro atoms. The van der Waals surface area contributed by atoms with Gasteiger partial charge in [-0.25, -0.2) is 0 Å². The molecule has 2 nitrogen and oxygen atoms in total. The maximum Gasteiger partial charge on any atom is 0.180 e. The third-order valence-corrected chi connectivity index (χ3v) is 4.71. The number of aryl methyl sites for hydroxylation is 2. The van der Waals surface area contributed by atoms with E-state index in [2.05, 4.69) is 6.07 Å². The van der Waals surface area contributed by atoms with Crippen molar-refractivity contribution >= 4 is 17.1 Å². The zero-order chi connectivity index (χ0) is 13.4. The SMILES string of the molecule is Cc1cc(C)c(C(=O)C2CCOc3ccccc32)s1. The van der Waals surface area contributed by atoms with Gasteiger partial charge in [-0.15, -0.1) is 11.3 Å². The molecule has 0 bridgehead atoms. The van der Waals surface area contributed by atoms with Gasteiger partial charge >= 0.3 is 0 Å². The predicted molar refractivity (Wildman–Crippen MR) is 77.4 cm³/mol. The number of para-hydroxylation sites is 1. The van der Waals surface area contributed by atoms with E-state index >= 15 is 0 Å². The summed E-state index contributed by atoms with van der Waals surface area (Å²) in [5.41, 5.74) is 2.13. The van der Waals surface area contributed by atoms with Gasteiger partial charge in [0.1, 0.15) is 5.75 Å². The molecule has 1 atom stereocenters. The summed E-state index contributed by atoms with van der Waals surface area (Å²) in [5.74, 6) is 1.05. The Morgan fingerprint density at radius 1 is 1.32 bits per heavy atom. The summed E-state index contributed by atoms with van der Waals surface area (Å²) < 4.78 is 5.63. The predicted octanol–water partition coefficient (Wildman–Crippen LogP) is 4.11. The van der Waals surface area contributed by atoms with Crippen molar-refractivity contribution in [1.82, 2.24) is 0 Å². The van der Waals surface area contributed by atoms with Crippen LogP contribution in [0.3, 0.4) is 0 Å². The minimum Gasteiger partial charge on any atom is -0.493 e. The van der Waals surface area contributed by atoms with Gasteiger partial charge in [0, 0.05) is 10.4 Å². The summed E-state index contributed by atoms with van der Waals surface area (Å²) in [6.45, 7) is 4.69. The number of ketones is 1. The lowest BCUT2D eigenvalue weighted by Gasteiger charge is -2.24. The van der Waals surface area contributed by atoms with Gasteiger partial charge in [-0.2, -0.15) is 0 Å². The maximum absolute atomic E-state index is 12.8. The van der Waals surface area contributed by atoms with Crippen LogP contribution in [0.5, 0.6) is 5.75 Å². The van der Waals surface area contributed by atoms with Gasteiger partial charge in [-0.3, -0.25) is 4.79 Å². The largest absolute Gasteiger partial charge is 0.493 e. The smallest absolute Gasteiger partial charge is 0.180 e. The highest BCUT2D eigenvalue weighted by Crippen LogP contribution is 2.37. The number of rotatable bonds is 2. The van der Waals surface area contributed by atoms with E-state index in [0.717, 1.165) is 28.2 Å². The number of hydrogen-bond acceptors (Lipinski definition) is 3. The topological polar surface area (TPSA) is 26.3 Å². The fourth-order valence-corrected chi connectivity index (χ4v) is 3.68. The summed E-state index contributed by atoms with van der Waals surface area (Å²) in [5, 5.41) is 0. The lowest BCUT2D eigenvalue weighted by Crippen LogP contribution is -2.21. The van der Waals surface area contributed by atoms with E-state index in [0.29, 0.717) is 6.61 Å². The summed E-state index contributed by atoms with van der Waals surface area (Å²) in [4.78, 5) is 14.8. The van der Waals surface area contributed by atoms with Crippen LogP contribution >= 0.6 is 11.3 Å². The van der Waals surface area contributed by atoms with Gasteiger partial charge in [-0.1, -0.05) is 18.2 Å². The van der Waals surface area contributed by atoms with Crippen molar-refractivity contribution < 1.29 is 9.53 Å². The van der Waals surface area contributed by atoms with Gasteiger partial charge in [0.05, 0.1) is 17.4 Å². The Morgan fingerprint density at radius 2 is 2.11 bits per heavy atom. The normalized spacial score (nSPS) is 17.7. The Labute approximate surface area is 117 Å². The van der Waals surface area contributed by atoms with Crippen LogP contribution < -0.4 is 4.74 Å². The molecule has 0 aliphatic carbocycles. The number of thiophene rings is 1. The first-order valence-electron chi connectivity index (χ1n) is 6.50. The molecule has 0 saturated carbocycles. The second-order valence-corrected chi connectivity index (χ2v) is 6.22. The number of benzene rings is 1. The van der Waals surface area contributed by atoms with E-state index in [-0.39, 0.29) is 11.7 Å². The van der Waals surface area contributed by atoms with E-state index in [1.54, 1.807) is 11.3 Å². The molecule has 3 rings (SSSR count). The number of carbonyl (C=O) groups excluding carboxylic acids is 1. The van der Waals surface area contributed by atoms with E-state index in [1.165, 1.54) is 4.88 Å². The maximum atomic E-state index is 12.8. The molecule has 2 heterocycles. The van der Waals surface area contributed by atoms with Gasteiger partial charge in [0.2, 0.25) is 0 Å². The molecule has 1 aromatic carbocycles. The average Bonchev–Trinajstić information content (AvgIpc) is 2.76. The molecule has 0 fully saturated rings. The lowest BCUT2D eigenvalue weighted by atomic mass is 9.88. The monoisotopic (exact) mass is 272 g/mol. The van der Waals surface area contributed by atoms with Gasteiger partial charge in [0.15, 0.2) is 5.78 Å². The zero-order valence-electron chi connectivity index (χ0n) is 11.1. The minimum absolute atomic E-state index is 0.0540. The van der Waals surface area contributed by atoms with E-state index in [1.807, 2.05) is 38.1 Å². The molecule has 0 radical (unpaired) electrons. The van der Waals surface area contributed by atoms with Crippen molar-refractivity contribution in [3.8, 4) is 5.75 Å². The standard InChI is InChI=1S/C16H16O2S/c1-10-9-11(2)19-16(10)15(17)13-7-8-18-14-6-4-3-5-12(13)14/h3-6,9,13H,7-8H2,1-2H3. The molecule has 1 aliphatic heterocycles. The van der Waals surface area contributed by atoms with E-state index in [4.69, 9.17) is 4.74 Å². The second-order valence-electron chi connectivity index (χ2n) is 4.96. The molecule has 19 heavy (non-hydrogen) atoms. The molecule has 2 aromatic rings. The molecule has 3 heteroatoms. The first-order valence-corrected chi connectivity index (χ1v) is 7.31. The number of Topliss-reactive ketones (excluding diaryl/α,β-unsaturated/α-hetero) is 1. The van der Waals surface area contributed by atoms with Crippen molar-refractivity contribution in [3.05, 3.63) is 51.2 Å². The van der Waals surface area contributed by atoms with Crippen LogP contribution in [0.25, 0.3) is 0 Å². The molecule has 1 unspecified atom stereocenters. The van der Waals surface area contributed by atoms with E-state index < -0.39 is 0 Å². The lowest BCUT2D eigenvalue weighted by molar-refractivity contribution is 0.0936. The Morgan fingerprint density at radius 3 is 2.84 bits per heavy atom. The van der Waals surface area contributed by atoms with Gasteiger partial charge in [-0.05, 0) is 38.0 Å². The van der Waals surface area contributed by atoms with Crippen LogP contribution in [-0.4, -0.2) is 12.4 Å². The highest BCUT2D eigenvalue weighted by molar-refractivity contribution is 7.14. The van der Waals surface area contributed by atoms with Crippen LogP contribution in [0.1, 0.15) is 38.0 Å². The van der Waals surface area contributed by atoms with Crippen molar-refractivity contribution in [2.24, 2.45) is 0 Å². The Hall–Kier alpha value is -1.61. The molecule has 1 aliphatic rings. The number of fused-ring (bicyclic) bond motifs is 1. The van der Waals surface area contributed by atoms with Crippen LogP contribution in [0.4, 0.5) is 0 Å². The highest BCUT2D eigenvalue weighted by Gasteiger charge is 2.29. The van der Waals surface area contributed by atoms with E-state index in [9.17, 15) is 4.79 Å². The van der Waals surface area contributed by atoms with Crippen LogP contribution in [0.2, 0.25) is 0 Å². The zero-order valence-corrected chi connectivity index (χ0v) is 11.9. The summed E-state index contributed by atoms with van der Waals surface area (Å²) in [7, 11) is 0. The van der Waals surface area contributed by atoms with Crippen LogP contribution in [0, 0.1) is 13.8 Å².